The van der Waals surface area contributed by atoms with Gasteiger partial charge in [0.1, 0.15) is 0 Å². The third kappa shape index (κ3) is 3.73. The summed E-state index contributed by atoms with van der Waals surface area (Å²) >= 11 is 0. The molecule has 1 aliphatic carbocycles. The molecule has 1 unspecified atom stereocenters. The topological polar surface area (TPSA) is 35.2 Å². The van der Waals surface area contributed by atoms with E-state index in [1.807, 2.05) is 0 Å². The Hall–Kier alpha value is -0.0800. The standard InChI is InChI=1S/C9H19NO/c1-2-9(5-6-10)11-7-8-3-4-8/h8-9H,2-7,10H2,1H3. The molecule has 0 aliphatic heterocycles. The van der Waals surface area contributed by atoms with Crippen LogP contribution in [-0.2, 0) is 4.74 Å². The molecule has 0 aromatic rings. The van der Waals surface area contributed by atoms with Crippen molar-refractivity contribution in [3.05, 3.63) is 0 Å². The molecule has 0 aromatic carbocycles. The summed E-state index contributed by atoms with van der Waals surface area (Å²) in [7, 11) is 0. The molecule has 0 heterocycles. The molecule has 1 aliphatic rings. The second-order valence-electron chi connectivity index (χ2n) is 3.38. The van der Waals surface area contributed by atoms with Crippen molar-refractivity contribution in [2.24, 2.45) is 11.7 Å². The Bertz CT molecular complexity index is 102. The van der Waals surface area contributed by atoms with Gasteiger partial charge >= 0.3 is 0 Å². The van der Waals surface area contributed by atoms with Crippen LogP contribution in [0.4, 0.5) is 0 Å². The molecule has 1 rings (SSSR count). The fourth-order valence-corrected chi connectivity index (χ4v) is 1.15. The fourth-order valence-electron chi connectivity index (χ4n) is 1.15. The predicted molar refractivity (Wildman–Crippen MR) is 46.4 cm³/mol. The van der Waals surface area contributed by atoms with Crippen molar-refractivity contribution in [3.8, 4) is 0 Å². The Labute approximate surface area is 69.1 Å². The summed E-state index contributed by atoms with van der Waals surface area (Å²) in [6.07, 6.45) is 5.28. The van der Waals surface area contributed by atoms with Gasteiger partial charge in [-0.3, -0.25) is 0 Å². The van der Waals surface area contributed by atoms with Crippen molar-refractivity contribution >= 4 is 0 Å². The molecule has 0 aromatic heterocycles. The first-order valence-electron chi connectivity index (χ1n) is 4.68. The highest BCUT2D eigenvalue weighted by atomic mass is 16.5. The zero-order valence-electron chi connectivity index (χ0n) is 7.38. The Morgan fingerprint density at radius 1 is 1.55 bits per heavy atom. The van der Waals surface area contributed by atoms with E-state index in [0.717, 1.165) is 31.9 Å². The van der Waals surface area contributed by atoms with Crippen molar-refractivity contribution < 1.29 is 4.74 Å². The number of rotatable bonds is 6. The first-order valence-corrected chi connectivity index (χ1v) is 4.68. The number of nitrogens with two attached hydrogens (primary N) is 1. The molecule has 0 spiro atoms. The smallest absolute Gasteiger partial charge is 0.0584 e. The molecule has 2 heteroatoms. The number of hydrogen-bond donors (Lipinski definition) is 1. The molecule has 0 saturated heterocycles. The summed E-state index contributed by atoms with van der Waals surface area (Å²) in [6.45, 7) is 3.88. The van der Waals surface area contributed by atoms with E-state index < -0.39 is 0 Å². The van der Waals surface area contributed by atoms with Gasteiger partial charge in [0.2, 0.25) is 0 Å². The van der Waals surface area contributed by atoms with Crippen LogP contribution in [0.5, 0.6) is 0 Å². The van der Waals surface area contributed by atoms with Gasteiger partial charge in [0.05, 0.1) is 6.10 Å². The largest absolute Gasteiger partial charge is 0.378 e. The van der Waals surface area contributed by atoms with Crippen molar-refractivity contribution in [2.45, 2.75) is 38.7 Å². The average Bonchev–Trinajstić information content (AvgIpc) is 2.81. The summed E-state index contributed by atoms with van der Waals surface area (Å²) in [5, 5.41) is 0. The van der Waals surface area contributed by atoms with Gasteiger partial charge in [0, 0.05) is 6.61 Å². The van der Waals surface area contributed by atoms with Crippen LogP contribution in [-0.4, -0.2) is 19.3 Å². The lowest BCUT2D eigenvalue weighted by Crippen LogP contribution is -2.17. The minimum Gasteiger partial charge on any atom is -0.378 e. The van der Waals surface area contributed by atoms with E-state index >= 15 is 0 Å². The quantitative estimate of drug-likeness (QED) is 0.634. The monoisotopic (exact) mass is 157 g/mol. The third-order valence-corrected chi connectivity index (χ3v) is 2.21. The molecule has 0 radical (unpaired) electrons. The Morgan fingerprint density at radius 2 is 2.27 bits per heavy atom. The van der Waals surface area contributed by atoms with E-state index in [9.17, 15) is 0 Å². The molecule has 66 valence electrons. The zero-order chi connectivity index (χ0) is 8.10. The Kier molecular flexibility index (Phi) is 3.87. The first kappa shape index (κ1) is 9.01. The van der Waals surface area contributed by atoms with Gasteiger partial charge < -0.3 is 10.5 Å². The lowest BCUT2D eigenvalue weighted by atomic mass is 10.2. The maximum Gasteiger partial charge on any atom is 0.0584 e. The van der Waals surface area contributed by atoms with E-state index in [4.69, 9.17) is 10.5 Å². The number of ether oxygens (including phenoxy) is 1. The maximum atomic E-state index is 5.68. The van der Waals surface area contributed by atoms with E-state index in [-0.39, 0.29) is 0 Å². The third-order valence-electron chi connectivity index (χ3n) is 2.21. The molecule has 1 fully saturated rings. The number of hydrogen-bond acceptors (Lipinski definition) is 2. The van der Waals surface area contributed by atoms with Crippen LogP contribution in [0, 0.1) is 5.92 Å². The Balaban J connectivity index is 1.98. The second-order valence-corrected chi connectivity index (χ2v) is 3.38. The predicted octanol–water partition coefficient (Wildman–Crippen LogP) is 1.54. The fraction of sp³-hybridized carbons (Fsp3) is 1.00. The highest BCUT2D eigenvalue weighted by Crippen LogP contribution is 2.29. The highest BCUT2D eigenvalue weighted by molar-refractivity contribution is 4.73. The normalized spacial score (nSPS) is 20.2. The van der Waals surface area contributed by atoms with Crippen molar-refractivity contribution in [3.63, 3.8) is 0 Å². The Morgan fingerprint density at radius 3 is 2.73 bits per heavy atom. The van der Waals surface area contributed by atoms with Gasteiger partial charge in [-0.15, -0.1) is 0 Å². The minimum absolute atomic E-state index is 0.417. The van der Waals surface area contributed by atoms with Gasteiger partial charge in [-0.05, 0) is 38.1 Å². The molecule has 0 bridgehead atoms. The molecule has 0 amide bonds. The van der Waals surface area contributed by atoms with E-state index in [1.54, 1.807) is 0 Å². The molecule has 11 heavy (non-hydrogen) atoms. The van der Waals surface area contributed by atoms with Gasteiger partial charge in [0.25, 0.3) is 0 Å². The maximum absolute atomic E-state index is 5.68. The van der Waals surface area contributed by atoms with Crippen molar-refractivity contribution in [2.75, 3.05) is 13.2 Å². The minimum atomic E-state index is 0.417. The summed E-state index contributed by atoms with van der Waals surface area (Å²) < 4.78 is 5.68. The van der Waals surface area contributed by atoms with Gasteiger partial charge in [-0.25, -0.2) is 0 Å². The van der Waals surface area contributed by atoms with Crippen LogP contribution < -0.4 is 5.73 Å². The van der Waals surface area contributed by atoms with E-state index in [0.29, 0.717) is 6.10 Å². The lowest BCUT2D eigenvalue weighted by Gasteiger charge is -2.14. The second kappa shape index (κ2) is 4.73. The van der Waals surface area contributed by atoms with Crippen LogP contribution in [0.25, 0.3) is 0 Å². The molecule has 1 atom stereocenters. The van der Waals surface area contributed by atoms with Crippen molar-refractivity contribution in [1.29, 1.82) is 0 Å². The summed E-state index contributed by atoms with van der Waals surface area (Å²) in [5.41, 5.74) is 5.45. The summed E-state index contributed by atoms with van der Waals surface area (Å²) in [6, 6.07) is 0. The van der Waals surface area contributed by atoms with Crippen molar-refractivity contribution in [1.82, 2.24) is 0 Å². The lowest BCUT2D eigenvalue weighted by molar-refractivity contribution is 0.0396. The van der Waals surface area contributed by atoms with Gasteiger partial charge in [-0.1, -0.05) is 6.92 Å². The first-order chi connectivity index (χ1) is 5.36. The van der Waals surface area contributed by atoms with Crippen LogP contribution in [0.3, 0.4) is 0 Å². The molecule has 2 nitrogen and oxygen atoms in total. The molecule has 2 N–H and O–H groups in total. The summed E-state index contributed by atoms with van der Waals surface area (Å²) in [5.74, 6) is 0.877. The zero-order valence-corrected chi connectivity index (χ0v) is 7.38. The average molecular weight is 157 g/mol. The van der Waals surface area contributed by atoms with Crippen LogP contribution >= 0.6 is 0 Å². The molecular weight excluding hydrogens is 138 g/mol. The van der Waals surface area contributed by atoms with Gasteiger partial charge in [-0.2, -0.15) is 0 Å². The SMILES string of the molecule is CCC(CCN)OCC1CC1. The summed E-state index contributed by atoms with van der Waals surface area (Å²) in [4.78, 5) is 0. The van der Waals surface area contributed by atoms with Gasteiger partial charge in [0.15, 0.2) is 0 Å². The molecule has 1 saturated carbocycles. The highest BCUT2D eigenvalue weighted by Gasteiger charge is 2.22. The van der Waals surface area contributed by atoms with E-state index in [1.165, 1.54) is 12.8 Å². The van der Waals surface area contributed by atoms with E-state index in [2.05, 4.69) is 6.92 Å². The van der Waals surface area contributed by atoms with Crippen LogP contribution in [0.1, 0.15) is 32.6 Å². The van der Waals surface area contributed by atoms with Crippen LogP contribution in [0.15, 0.2) is 0 Å². The molecular formula is C9H19NO. The van der Waals surface area contributed by atoms with Crippen LogP contribution in [0.2, 0.25) is 0 Å².